The maximum absolute atomic E-state index is 4.29. The average molecular weight is 220 g/mol. The Morgan fingerprint density at radius 1 is 1.67 bits per heavy atom. The zero-order chi connectivity index (χ0) is 9.03. The summed E-state index contributed by atoms with van der Waals surface area (Å²) in [7, 11) is 0. The van der Waals surface area contributed by atoms with Gasteiger partial charge >= 0.3 is 0 Å². The fourth-order valence-electron chi connectivity index (χ4n) is 0.529. The maximum Gasteiger partial charge on any atom is 0.174 e. The summed E-state index contributed by atoms with van der Waals surface area (Å²) in [6.07, 6.45) is 0. The first-order valence-corrected chi connectivity index (χ1v) is 6.14. The molecule has 0 aliphatic heterocycles. The molecule has 0 aliphatic carbocycles. The van der Waals surface area contributed by atoms with Gasteiger partial charge in [-0.15, -0.1) is 10.2 Å². The molecule has 0 fully saturated rings. The van der Waals surface area contributed by atoms with Crippen LogP contribution in [0.5, 0.6) is 0 Å². The van der Waals surface area contributed by atoms with Crippen molar-refractivity contribution in [1.82, 2.24) is 10.2 Å². The topological polar surface area (TPSA) is 25.8 Å². The first kappa shape index (κ1) is 10.3. The molecule has 1 heterocycles. The van der Waals surface area contributed by atoms with Gasteiger partial charge < -0.3 is 0 Å². The van der Waals surface area contributed by atoms with E-state index in [0.717, 1.165) is 15.8 Å². The molecule has 0 aromatic carbocycles. The fraction of sp³-hybridized carbons (Fsp3) is 0.714. The lowest BCUT2D eigenvalue weighted by molar-refractivity contribution is 0.493. The molecule has 1 aromatic rings. The Bertz CT molecular complexity index is 221. The minimum Gasteiger partial charge on any atom is -0.179 e. The SMILES string of the molecule is CC(C)(CS)CSc1nncs1. The lowest BCUT2D eigenvalue weighted by atomic mass is 10.0. The van der Waals surface area contributed by atoms with Crippen molar-refractivity contribution in [3.8, 4) is 0 Å². The van der Waals surface area contributed by atoms with Crippen LogP contribution in [0.2, 0.25) is 0 Å². The number of nitrogens with zero attached hydrogens (tertiary/aromatic N) is 2. The van der Waals surface area contributed by atoms with E-state index in [2.05, 4.69) is 36.7 Å². The summed E-state index contributed by atoms with van der Waals surface area (Å²) in [4.78, 5) is 0. The molecule has 0 bridgehead atoms. The molecule has 0 saturated heterocycles. The van der Waals surface area contributed by atoms with Crippen molar-refractivity contribution in [2.45, 2.75) is 18.2 Å². The predicted molar refractivity (Wildman–Crippen MR) is 58.3 cm³/mol. The van der Waals surface area contributed by atoms with Gasteiger partial charge in [-0.3, -0.25) is 0 Å². The van der Waals surface area contributed by atoms with Crippen molar-refractivity contribution in [3.63, 3.8) is 0 Å². The first-order chi connectivity index (χ1) is 5.64. The Morgan fingerprint density at radius 3 is 2.92 bits per heavy atom. The molecule has 0 aliphatic rings. The fourth-order valence-corrected chi connectivity index (χ4v) is 2.37. The van der Waals surface area contributed by atoms with Gasteiger partial charge in [0.15, 0.2) is 4.34 Å². The highest BCUT2D eigenvalue weighted by Crippen LogP contribution is 2.28. The number of thioether (sulfide) groups is 1. The van der Waals surface area contributed by atoms with Gasteiger partial charge in [0, 0.05) is 5.75 Å². The van der Waals surface area contributed by atoms with Gasteiger partial charge in [-0.1, -0.05) is 36.9 Å². The van der Waals surface area contributed by atoms with Crippen LogP contribution in [0.4, 0.5) is 0 Å². The van der Waals surface area contributed by atoms with Crippen molar-refractivity contribution in [3.05, 3.63) is 5.51 Å². The lowest BCUT2D eigenvalue weighted by Gasteiger charge is -2.19. The Balaban J connectivity index is 2.36. The molecular weight excluding hydrogens is 208 g/mol. The molecule has 0 N–H and O–H groups in total. The van der Waals surface area contributed by atoms with Crippen LogP contribution in [-0.2, 0) is 0 Å². The minimum absolute atomic E-state index is 0.277. The molecule has 2 nitrogen and oxygen atoms in total. The zero-order valence-corrected chi connectivity index (χ0v) is 9.68. The highest BCUT2D eigenvalue weighted by atomic mass is 32.2. The summed E-state index contributed by atoms with van der Waals surface area (Å²) in [5.41, 5.74) is 2.04. The minimum atomic E-state index is 0.277. The van der Waals surface area contributed by atoms with Crippen molar-refractivity contribution in [1.29, 1.82) is 0 Å². The number of thiol groups is 1. The molecule has 0 unspecified atom stereocenters. The van der Waals surface area contributed by atoms with Gasteiger partial charge in [0.2, 0.25) is 0 Å². The van der Waals surface area contributed by atoms with E-state index in [4.69, 9.17) is 0 Å². The smallest absolute Gasteiger partial charge is 0.174 e. The number of rotatable bonds is 4. The molecule has 5 heteroatoms. The number of hydrogen-bond donors (Lipinski definition) is 1. The van der Waals surface area contributed by atoms with Crippen molar-refractivity contribution in [2.75, 3.05) is 11.5 Å². The average Bonchev–Trinajstić information content (AvgIpc) is 2.53. The summed E-state index contributed by atoms with van der Waals surface area (Å²) in [6.45, 7) is 4.40. The van der Waals surface area contributed by atoms with E-state index < -0.39 is 0 Å². The van der Waals surface area contributed by atoms with Gasteiger partial charge in [0.1, 0.15) is 5.51 Å². The highest BCUT2D eigenvalue weighted by molar-refractivity contribution is 8.01. The van der Waals surface area contributed by atoms with E-state index in [-0.39, 0.29) is 5.41 Å². The summed E-state index contributed by atoms with van der Waals surface area (Å²) in [5, 5.41) is 7.74. The first-order valence-electron chi connectivity index (χ1n) is 3.64. The Morgan fingerprint density at radius 2 is 2.42 bits per heavy atom. The second-order valence-electron chi connectivity index (χ2n) is 3.32. The van der Waals surface area contributed by atoms with Gasteiger partial charge in [0.05, 0.1) is 0 Å². The molecule has 68 valence electrons. The number of hydrogen-bond acceptors (Lipinski definition) is 5. The van der Waals surface area contributed by atoms with Crippen LogP contribution in [0.15, 0.2) is 9.85 Å². The Kier molecular flexibility index (Phi) is 3.86. The molecule has 0 radical (unpaired) electrons. The number of aromatic nitrogens is 2. The largest absolute Gasteiger partial charge is 0.179 e. The zero-order valence-electron chi connectivity index (χ0n) is 7.15. The van der Waals surface area contributed by atoms with Crippen LogP contribution in [0.3, 0.4) is 0 Å². The van der Waals surface area contributed by atoms with Crippen molar-refractivity contribution < 1.29 is 0 Å². The summed E-state index contributed by atoms with van der Waals surface area (Å²) >= 11 is 7.63. The van der Waals surface area contributed by atoms with Gasteiger partial charge in [-0.25, -0.2) is 0 Å². The quantitative estimate of drug-likeness (QED) is 0.624. The third-order valence-corrected chi connectivity index (χ3v) is 4.59. The van der Waals surface area contributed by atoms with E-state index in [9.17, 15) is 0 Å². The van der Waals surface area contributed by atoms with Gasteiger partial charge in [-0.05, 0) is 11.2 Å². The van der Waals surface area contributed by atoms with Crippen LogP contribution in [0.1, 0.15) is 13.8 Å². The standard InChI is InChI=1S/C7H12N2S3/c1-7(2,3-10)4-11-6-9-8-5-12-6/h5,10H,3-4H2,1-2H3. The van der Waals surface area contributed by atoms with Crippen molar-refractivity contribution in [2.24, 2.45) is 5.41 Å². The summed E-state index contributed by atoms with van der Waals surface area (Å²) < 4.78 is 1.05. The lowest BCUT2D eigenvalue weighted by Crippen LogP contribution is -2.16. The van der Waals surface area contributed by atoms with E-state index in [0.29, 0.717) is 0 Å². The van der Waals surface area contributed by atoms with E-state index in [1.165, 1.54) is 0 Å². The van der Waals surface area contributed by atoms with Crippen LogP contribution >= 0.6 is 35.7 Å². The summed E-state index contributed by atoms with van der Waals surface area (Å²) in [6, 6.07) is 0. The molecule has 12 heavy (non-hydrogen) atoms. The molecule has 0 atom stereocenters. The molecule has 1 rings (SSSR count). The van der Waals surface area contributed by atoms with E-state index in [1.54, 1.807) is 28.6 Å². The second-order valence-corrected chi connectivity index (χ2v) is 5.69. The highest BCUT2D eigenvalue weighted by Gasteiger charge is 2.16. The summed E-state index contributed by atoms with van der Waals surface area (Å²) in [5.74, 6) is 1.95. The third-order valence-electron chi connectivity index (χ3n) is 1.35. The van der Waals surface area contributed by atoms with Gasteiger partial charge in [-0.2, -0.15) is 12.6 Å². The van der Waals surface area contributed by atoms with Crippen LogP contribution in [0.25, 0.3) is 0 Å². The van der Waals surface area contributed by atoms with E-state index >= 15 is 0 Å². The maximum atomic E-state index is 4.29. The van der Waals surface area contributed by atoms with E-state index in [1.807, 2.05) is 0 Å². The monoisotopic (exact) mass is 220 g/mol. The molecule has 0 saturated carbocycles. The Labute approximate surface area is 86.6 Å². The third kappa shape index (κ3) is 3.33. The molecule has 1 aromatic heterocycles. The predicted octanol–water partition coefficient (Wildman–Crippen LogP) is 2.59. The molecule has 0 spiro atoms. The van der Waals surface area contributed by atoms with Gasteiger partial charge in [0.25, 0.3) is 0 Å². The second kappa shape index (κ2) is 4.48. The van der Waals surface area contributed by atoms with Crippen LogP contribution in [0, 0.1) is 5.41 Å². The molecular formula is C7H12N2S3. The molecule has 0 amide bonds. The van der Waals surface area contributed by atoms with Crippen LogP contribution in [-0.4, -0.2) is 21.7 Å². The normalized spacial score (nSPS) is 11.9. The van der Waals surface area contributed by atoms with Crippen molar-refractivity contribution >= 4 is 35.7 Å². The Hall–Kier alpha value is 0.260. The van der Waals surface area contributed by atoms with Crippen LogP contribution < -0.4 is 0 Å².